The van der Waals surface area contributed by atoms with Crippen LogP contribution in [-0.2, 0) is 17.8 Å². The fourth-order valence-electron chi connectivity index (χ4n) is 5.22. The number of benzene rings is 1. The predicted molar refractivity (Wildman–Crippen MR) is 164 cm³/mol. The first-order chi connectivity index (χ1) is 22.7. The molecule has 1 aromatic carbocycles. The number of carbonyl (C=O) groups is 4. The van der Waals surface area contributed by atoms with Gasteiger partial charge >= 0.3 is 0 Å². The Kier molecular flexibility index (Phi) is 9.04. The number of rotatable bonds is 5. The average Bonchev–Trinajstić information content (AvgIpc) is 3.83. The Morgan fingerprint density at radius 2 is 1.77 bits per heavy atom. The number of nitrogens with zero attached hydrogens (tertiary/aromatic N) is 5. The van der Waals surface area contributed by atoms with Gasteiger partial charge in [0.1, 0.15) is 18.3 Å². The average molecular weight is 641 g/mol. The molecule has 0 radical (unpaired) electrons. The van der Waals surface area contributed by atoms with Gasteiger partial charge in [-0.1, -0.05) is 54.5 Å². The second-order valence-corrected chi connectivity index (χ2v) is 11.5. The van der Waals surface area contributed by atoms with Crippen molar-refractivity contribution in [3.8, 4) is 0 Å². The number of hydrogen-bond acceptors (Lipinski definition) is 11. The second kappa shape index (κ2) is 13.6. The van der Waals surface area contributed by atoms with Crippen molar-refractivity contribution < 1.29 is 32.6 Å². The smallest absolute Gasteiger partial charge is 0.293 e. The van der Waals surface area contributed by atoms with Crippen molar-refractivity contribution in [3.63, 3.8) is 0 Å². The van der Waals surface area contributed by atoms with E-state index in [1.165, 1.54) is 23.4 Å². The zero-order valence-electron chi connectivity index (χ0n) is 25.6. The lowest BCUT2D eigenvalue weighted by molar-refractivity contribution is -0.123. The second-order valence-electron chi connectivity index (χ2n) is 11.5. The molecule has 15 nitrogen and oxygen atoms in total. The maximum absolute atomic E-state index is 13.8. The van der Waals surface area contributed by atoms with Crippen molar-refractivity contribution in [1.29, 1.82) is 0 Å². The minimum absolute atomic E-state index is 0.00250. The molecule has 1 aliphatic heterocycles. The van der Waals surface area contributed by atoms with Crippen LogP contribution in [0.25, 0.3) is 11.0 Å². The third kappa shape index (κ3) is 7.19. The SMILES string of the molecule is CC(C)C[C@H]1NC(=O)c2cc(on2)CN(C(=O)c2onc3ncccc23)CCNC(=O)[C@H](Cc2ccccc2)NC(=O)c2coc1n2. The number of amides is 4. The molecule has 242 valence electrons. The molecule has 4 bridgehead atoms. The van der Waals surface area contributed by atoms with Gasteiger partial charge in [0.25, 0.3) is 17.7 Å². The number of oxazole rings is 1. The van der Waals surface area contributed by atoms with Crippen LogP contribution in [0.4, 0.5) is 0 Å². The molecule has 6 rings (SSSR count). The summed E-state index contributed by atoms with van der Waals surface area (Å²) in [6, 6.07) is 12.3. The summed E-state index contributed by atoms with van der Waals surface area (Å²) in [4.78, 5) is 63.7. The van der Waals surface area contributed by atoms with E-state index in [1.807, 2.05) is 44.2 Å². The van der Waals surface area contributed by atoms with Gasteiger partial charge in [-0.25, -0.2) is 9.97 Å². The Hall–Kier alpha value is -5.86. The molecule has 15 heteroatoms. The standard InChI is InChI=1S/C32H32N8O7/c1-18(2)13-24-31-37-25(17-45-31)30(43)35-22(14-19-7-4-3-5-8-19)28(41)34-11-12-40(16-20-15-23(38-46-20)29(42)36-24)32(44)26-21-9-6-10-33-27(21)39-47-26/h3-10,15,17-18,22,24H,11-14,16H2,1-2H3,(H,34,41)(H,35,43)(H,36,42)/t22-,24+/m0/s1. The minimum Gasteiger partial charge on any atom is -0.446 e. The van der Waals surface area contributed by atoms with E-state index in [-0.39, 0.29) is 66.4 Å². The Morgan fingerprint density at radius 3 is 2.57 bits per heavy atom. The summed E-state index contributed by atoms with van der Waals surface area (Å²) in [5.74, 6) is -1.79. The van der Waals surface area contributed by atoms with Crippen molar-refractivity contribution in [3.05, 3.63) is 95.4 Å². The van der Waals surface area contributed by atoms with Crippen molar-refractivity contribution in [2.24, 2.45) is 5.92 Å². The van der Waals surface area contributed by atoms with Crippen molar-refractivity contribution in [2.75, 3.05) is 13.1 Å². The molecule has 0 saturated heterocycles. The molecule has 47 heavy (non-hydrogen) atoms. The van der Waals surface area contributed by atoms with Crippen LogP contribution in [0, 0.1) is 5.92 Å². The maximum Gasteiger partial charge on any atom is 0.293 e. The third-order valence-electron chi connectivity index (χ3n) is 7.52. The molecule has 2 atom stereocenters. The molecular formula is C32H32N8O7. The topological polar surface area (TPSA) is 199 Å². The number of pyridine rings is 1. The minimum atomic E-state index is -0.986. The van der Waals surface area contributed by atoms with Crippen LogP contribution < -0.4 is 16.0 Å². The van der Waals surface area contributed by atoms with E-state index in [2.05, 4.69) is 36.2 Å². The fourth-order valence-corrected chi connectivity index (χ4v) is 5.22. The molecule has 5 aromatic rings. The highest BCUT2D eigenvalue weighted by atomic mass is 16.5. The lowest BCUT2D eigenvalue weighted by atomic mass is 10.0. The van der Waals surface area contributed by atoms with Gasteiger partial charge < -0.3 is 34.3 Å². The molecule has 0 saturated carbocycles. The normalized spacial score (nSPS) is 17.9. The quantitative estimate of drug-likeness (QED) is 0.255. The number of nitrogens with one attached hydrogen (secondary N) is 3. The summed E-state index contributed by atoms with van der Waals surface area (Å²) in [6.07, 6.45) is 3.36. The van der Waals surface area contributed by atoms with Gasteiger partial charge in [-0.2, -0.15) is 0 Å². The monoisotopic (exact) mass is 640 g/mol. The highest BCUT2D eigenvalue weighted by Crippen LogP contribution is 2.23. The first kappa shape index (κ1) is 31.1. The van der Waals surface area contributed by atoms with Crippen molar-refractivity contribution >= 4 is 34.7 Å². The van der Waals surface area contributed by atoms with Crippen molar-refractivity contribution in [2.45, 2.75) is 45.3 Å². The van der Waals surface area contributed by atoms with Gasteiger partial charge in [-0.15, -0.1) is 0 Å². The molecule has 1 aliphatic rings. The Balaban J connectivity index is 1.33. The van der Waals surface area contributed by atoms with Gasteiger partial charge in [0.05, 0.1) is 11.9 Å². The van der Waals surface area contributed by atoms with Crippen LogP contribution >= 0.6 is 0 Å². The number of aromatic nitrogens is 4. The van der Waals surface area contributed by atoms with Crippen LogP contribution in [0.15, 0.2) is 74.5 Å². The first-order valence-electron chi connectivity index (χ1n) is 15.1. The highest BCUT2D eigenvalue weighted by Gasteiger charge is 2.30. The predicted octanol–water partition coefficient (Wildman–Crippen LogP) is 2.83. The van der Waals surface area contributed by atoms with E-state index in [4.69, 9.17) is 13.5 Å². The summed E-state index contributed by atoms with van der Waals surface area (Å²) in [5, 5.41) is 16.6. The fraction of sp³-hybridized carbons (Fsp3) is 0.312. The molecule has 0 spiro atoms. The Bertz CT molecular complexity index is 1900. The van der Waals surface area contributed by atoms with E-state index in [1.54, 1.807) is 12.1 Å². The first-order valence-corrected chi connectivity index (χ1v) is 15.1. The number of fused-ring (bicyclic) bond motifs is 5. The summed E-state index contributed by atoms with van der Waals surface area (Å²) in [6.45, 7) is 3.83. The van der Waals surface area contributed by atoms with E-state index in [0.29, 0.717) is 11.8 Å². The molecule has 5 heterocycles. The van der Waals surface area contributed by atoms with Gasteiger partial charge in [-0.05, 0) is 30.0 Å². The van der Waals surface area contributed by atoms with Gasteiger partial charge in [0.2, 0.25) is 23.2 Å². The molecule has 4 amide bonds. The summed E-state index contributed by atoms with van der Waals surface area (Å²) >= 11 is 0. The summed E-state index contributed by atoms with van der Waals surface area (Å²) in [7, 11) is 0. The number of hydrogen-bond donors (Lipinski definition) is 3. The number of carbonyl (C=O) groups excluding carboxylic acids is 4. The van der Waals surface area contributed by atoms with Crippen molar-refractivity contribution in [1.82, 2.24) is 41.1 Å². The van der Waals surface area contributed by atoms with E-state index >= 15 is 0 Å². The summed E-state index contributed by atoms with van der Waals surface area (Å²) < 4.78 is 16.5. The zero-order valence-corrected chi connectivity index (χ0v) is 25.6. The highest BCUT2D eigenvalue weighted by molar-refractivity contribution is 6.02. The Morgan fingerprint density at radius 1 is 0.979 bits per heavy atom. The maximum atomic E-state index is 13.8. The molecule has 0 aliphatic carbocycles. The summed E-state index contributed by atoms with van der Waals surface area (Å²) in [5.41, 5.74) is 0.999. The third-order valence-corrected chi connectivity index (χ3v) is 7.52. The van der Waals surface area contributed by atoms with Crippen LogP contribution in [0.5, 0.6) is 0 Å². The lowest BCUT2D eigenvalue weighted by Crippen LogP contribution is -2.49. The van der Waals surface area contributed by atoms with Gasteiger partial charge in [-0.3, -0.25) is 19.2 Å². The van der Waals surface area contributed by atoms with E-state index in [0.717, 1.165) is 5.56 Å². The zero-order chi connectivity index (χ0) is 32.9. The molecular weight excluding hydrogens is 608 g/mol. The molecule has 3 N–H and O–H groups in total. The van der Waals surface area contributed by atoms with Gasteiger partial charge in [0, 0.05) is 31.8 Å². The van der Waals surface area contributed by atoms with Crippen LogP contribution in [0.2, 0.25) is 0 Å². The lowest BCUT2D eigenvalue weighted by Gasteiger charge is -2.22. The van der Waals surface area contributed by atoms with E-state index < -0.39 is 35.7 Å². The Labute approximate surface area is 268 Å². The largest absolute Gasteiger partial charge is 0.446 e. The molecule has 0 fully saturated rings. The van der Waals surface area contributed by atoms with E-state index in [9.17, 15) is 19.2 Å². The molecule has 4 aromatic heterocycles. The van der Waals surface area contributed by atoms with Gasteiger partial charge in [0.15, 0.2) is 17.1 Å². The molecule has 0 unspecified atom stereocenters. The van der Waals surface area contributed by atoms with Crippen LogP contribution in [0.3, 0.4) is 0 Å². The van der Waals surface area contributed by atoms with Crippen LogP contribution in [-0.4, -0.2) is 67.9 Å². The van der Waals surface area contributed by atoms with Crippen LogP contribution in [0.1, 0.15) is 75.1 Å².